The molecule has 0 N–H and O–H groups in total. The summed E-state index contributed by atoms with van der Waals surface area (Å²) in [5, 5.41) is 0. The summed E-state index contributed by atoms with van der Waals surface area (Å²) in [4.78, 5) is 44.4. The van der Waals surface area contributed by atoms with Crippen LogP contribution in [0.15, 0.2) is 0 Å². The standard InChI is InChI=1S/C13H18O9/c1-6(14)18-5-10-11(19-7(2)15)12(20-8(3)16)13(22-10)21-9(4)17/h10-13H,5H2,1-4H3/t10-,11+,12+,13-/m0/s1. The van der Waals surface area contributed by atoms with Gasteiger partial charge < -0.3 is 23.7 Å². The molecule has 9 heteroatoms. The minimum Gasteiger partial charge on any atom is -0.463 e. The van der Waals surface area contributed by atoms with E-state index in [0.717, 1.165) is 20.8 Å². The van der Waals surface area contributed by atoms with E-state index in [4.69, 9.17) is 23.7 Å². The smallest absolute Gasteiger partial charge is 0.305 e. The lowest BCUT2D eigenvalue weighted by atomic mass is 10.1. The van der Waals surface area contributed by atoms with E-state index in [0.29, 0.717) is 0 Å². The summed E-state index contributed by atoms with van der Waals surface area (Å²) in [6.45, 7) is 4.40. The quantitative estimate of drug-likeness (QED) is 0.497. The van der Waals surface area contributed by atoms with Crippen LogP contribution in [0.2, 0.25) is 0 Å². The average molecular weight is 318 g/mol. The molecule has 1 rings (SSSR count). The van der Waals surface area contributed by atoms with Gasteiger partial charge in [0.15, 0.2) is 6.10 Å². The molecule has 4 atom stereocenters. The number of hydrogen-bond acceptors (Lipinski definition) is 9. The Labute approximate surface area is 126 Å². The first-order valence-electron chi connectivity index (χ1n) is 6.51. The van der Waals surface area contributed by atoms with Crippen LogP contribution in [0.5, 0.6) is 0 Å². The number of ether oxygens (including phenoxy) is 5. The molecule has 0 amide bonds. The second-order valence-corrected chi connectivity index (χ2v) is 4.60. The first-order chi connectivity index (χ1) is 10.2. The predicted octanol–water partition coefficient (Wildman–Crippen LogP) is -0.299. The van der Waals surface area contributed by atoms with Gasteiger partial charge in [0.1, 0.15) is 12.7 Å². The van der Waals surface area contributed by atoms with E-state index in [-0.39, 0.29) is 6.61 Å². The van der Waals surface area contributed by atoms with Gasteiger partial charge in [-0.2, -0.15) is 0 Å². The van der Waals surface area contributed by atoms with Gasteiger partial charge in [0.05, 0.1) is 0 Å². The lowest BCUT2D eigenvalue weighted by Crippen LogP contribution is -2.42. The summed E-state index contributed by atoms with van der Waals surface area (Å²) >= 11 is 0. The van der Waals surface area contributed by atoms with Gasteiger partial charge in [-0.1, -0.05) is 0 Å². The Bertz CT molecular complexity index is 458. The summed E-state index contributed by atoms with van der Waals surface area (Å²) in [7, 11) is 0. The van der Waals surface area contributed by atoms with Crippen LogP contribution in [-0.4, -0.2) is 55.1 Å². The van der Waals surface area contributed by atoms with Crippen molar-refractivity contribution in [2.24, 2.45) is 0 Å². The molecule has 0 unspecified atom stereocenters. The van der Waals surface area contributed by atoms with Crippen molar-refractivity contribution in [2.45, 2.75) is 52.3 Å². The first-order valence-corrected chi connectivity index (χ1v) is 6.51. The van der Waals surface area contributed by atoms with E-state index in [9.17, 15) is 19.2 Å². The Morgan fingerprint density at radius 3 is 1.73 bits per heavy atom. The molecule has 1 aliphatic heterocycles. The molecule has 0 aromatic carbocycles. The molecule has 0 bridgehead atoms. The number of carbonyl (C=O) groups excluding carboxylic acids is 4. The fraction of sp³-hybridized carbons (Fsp3) is 0.692. The molecule has 22 heavy (non-hydrogen) atoms. The van der Waals surface area contributed by atoms with Crippen LogP contribution in [0.4, 0.5) is 0 Å². The van der Waals surface area contributed by atoms with E-state index < -0.39 is 48.5 Å². The topological polar surface area (TPSA) is 114 Å². The van der Waals surface area contributed by atoms with Crippen molar-refractivity contribution in [1.29, 1.82) is 0 Å². The van der Waals surface area contributed by atoms with Crippen molar-refractivity contribution in [3.63, 3.8) is 0 Å². The molecule has 1 heterocycles. The highest BCUT2D eigenvalue weighted by molar-refractivity contribution is 5.68. The van der Waals surface area contributed by atoms with Crippen molar-refractivity contribution < 1.29 is 42.9 Å². The molecule has 0 saturated carbocycles. The third-order valence-electron chi connectivity index (χ3n) is 2.60. The fourth-order valence-electron chi connectivity index (χ4n) is 1.93. The fourth-order valence-corrected chi connectivity index (χ4v) is 1.93. The van der Waals surface area contributed by atoms with Gasteiger partial charge in [0.2, 0.25) is 12.4 Å². The van der Waals surface area contributed by atoms with Gasteiger partial charge in [0, 0.05) is 27.7 Å². The van der Waals surface area contributed by atoms with Crippen LogP contribution in [0.3, 0.4) is 0 Å². The van der Waals surface area contributed by atoms with Crippen molar-refractivity contribution in [2.75, 3.05) is 6.61 Å². The molecule has 1 fully saturated rings. The second-order valence-electron chi connectivity index (χ2n) is 4.60. The van der Waals surface area contributed by atoms with E-state index in [2.05, 4.69) is 0 Å². The van der Waals surface area contributed by atoms with E-state index >= 15 is 0 Å². The van der Waals surface area contributed by atoms with Crippen molar-refractivity contribution >= 4 is 23.9 Å². The highest BCUT2D eigenvalue weighted by Gasteiger charge is 2.51. The van der Waals surface area contributed by atoms with Crippen LogP contribution in [-0.2, 0) is 42.9 Å². The highest BCUT2D eigenvalue weighted by Crippen LogP contribution is 2.28. The first kappa shape index (κ1) is 17.9. The Hall–Kier alpha value is -2.16. The van der Waals surface area contributed by atoms with Gasteiger partial charge in [-0.15, -0.1) is 0 Å². The lowest BCUT2D eigenvalue weighted by molar-refractivity contribution is -0.197. The normalized spacial score (nSPS) is 26.9. The van der Waals surface area contributed by atoms with Crippen molar-refractivity contribution in [1.82, 2.24) is 0 Å². The van der Waals surface area contributed by atoms with Gasteiger partial charge in [-0.25, -0.2) is 0 Å². The van der Waals surface area contributed by atoms with E-state index in [1.165, 1.54) is 6.92 Å². The van der Waals surface area contributed by atoms with Crippen LogP contribution >= 0.6 is 0 Å². The second kappa shape index (κ2) is 7.74. The number of rotatable bonds is 5. The maximum atomic E-state index is 11.2. The molecule has 0 aliphatic carbocycles. The summed E-state index contributed by atoms with van der Waals surface area (Å²) in [6, 6.07) is 0. The van der Waals surface area contributed by atoms with Crippen molar-refractivity contribution in [3.8, 4) is 0 Å². The van der Waals surface area contributed by atoms with Crippen molar-refractivity contribution in [3.05, 3.63) is 0 Å². The molecule has 0 spiro atoms. The Balaban J connectivity index is 2.94. The molecule has 0 radical (unpaired) electrons. The largest absolute Gasteiger partial charge is 0.463 e. The minimum absolute atomic E-state index is 0.247. The molecule has 0 aromatic heterocycles. The zero-order valence-corrected chi connectivity index (χ0v) is 12.7. The van der Waals surface area contributed by atoms with Gasteiger partial charge in [-0.05, 0) is 0 Å². The van der Waals surface area contributed by atoms with Crippen LogP contribution in [0.25, 0.3) is 0 Å². The van der Waals surface area contributed by atoms with Crippen LogP contribution in [0.1, 0.15) is 27.7 Å². The third-order valence-corrected chi connectivity index (χ3v) is 2.60. The third kappa shape index (κ3) is 5.32. The number of carbonyl (C=O) groups is 4. The zero-order valence-electron chi connectivity index (χ0n) is 12.7. The molecule has 1 aliphatic rings. The Morgan fingerprint density at radius 1 is 0.773 bits per heavy atom. The SMILES string of the molecule is CC(=O)OC[C@@H]1O[C@H](OC(C)=O)[C@H](OC(C)=O)[C@@H]1OC(C)=O. The van der Waals surface area contributed by atoms with Crippen LogP contribution in [0, 0.1) is 0 Å². The molecule has 1 saturated heterocycles. The van der Waals surface area contributed by atoms with Crippen LogP contribution < -0.4 is 0 Å². The van der Waals surface area contributed by atoms with E-state index in [1.54, 1.807) is 0 Å². The zero-order chi connectivity index (χ0) is 16.9. The Kier molecular flexibility index (Phi) is 6.29. The lowest BCUT2D eigenvalue weighted by Gasteiger charge is -2.22. The highest BCUT2D eigenvalue weighted by atomic mass is 16.8. The molecule has 124 valence electrons. The summed E-state index contributed by atoms with van der Waals surface area (Å²) in [6.07, 6.45) is -4.40. The summed E-state index contributed by atoms with van der Waals surface area (Å²) < 4.78 is 25.2. The molecular formula is C13H18O9. The Morgan fingerprint density at radius 2 is 1.27 bits per heavy atom. The summed E-state index contributed by atoms with van der Waals surface area (Å²) in [5.74, 6) is -2.56. The molecule has 9 nitrogen and oxygen atoms in total. The maximum Gasteiger partial charge on any atom is 0.305 e. The van der Waals surface area contributed by atoms with E-state index in [1.807, 2.05) is 0 Å². The average Bonchev–Trinajstić information content (AvgIpc) is 2.63. The molecular weight excluding hydrogens is 300 g/mol. The van der Waals surface area contributed by atoms with Gasteiger partial charge in [0.25, 0.3) is 0 Å². The minimum atomic E-state index is -1.26. The monoisotopic (exact) mass is 318 g/mol. The van der Waals surface area contributed by atoms with Gasteiger partial charge >= 0.3 is 23.9 Å². The number of hydrogen-bond donors (Lipinski definition) is 0. The molecule has 0 aromatic rings. The number of esters is 4. The maximum absolute atomic E-state index is 11.2. The summed E-state index contributed by atoms with van der Waals surface area (Å²) in [5.41, 5.74) is 0. The van der Waals surface area contributed by atoms with Gasteiger partial charge in [-0.3, -0.25) is 19.2 Å². The predicted molar refractivity (Wildman–Crippen MR) is 68.2 cm³/mol.